The molecule has 0 aliphatic carbocycles. The fourth-order valence-electron chi connectivity index (χ4n) is 1.68. The highest BCUT2D eigenvalue weighted by Gasteiger charge is 2.03. The summed E-state index contributed by atoms with van der Waals surface area (Å²) in [6, 6.07) is 9.57. The van der Waals surface area contributed by atoms with Crippen molar-refractivity contribution in [2.75, 3.05) is 5.32 Å². The van der Waals surface area contributed by atoms with Crippen molar-refractivity contribution in [2.45, 2.75) is 13.5 Å². The van der Waals surface area contributed by atoms with E-state index in [0.717, 1.165) is 11.3 Å². The zero-order valence-electron chi connectivity index (χ0n) is 10.0. The van der Waals surface area contributed by atoms with Crippen molar-refractivity contribution in [2.24, 2.45) is 0 Å². The fourth-order valence-corrected chi connectivity index (χ4v) is 1.68. The van der Waals surface area contributed by atoms with E-state index in [1.54, 1.807) is 12.1 Å². The summed E-state index contributed by atoms with van der Waals surface area (Å²) in [5.74, 6) is 0.503. The number of hydrogen-bond acceptors (Lipinski definition) is 4. The van der Waals surface area contributed by atoms with Crippen LogP contribution in [-0.4, -0.2) is 15.3 Å². The Morgan fingerprint density at radius 2 is 1.67 bits per heavy atom. The molecule has 0 radical (unpaired) electrons. The minimum absolute atomic E-state index is 0.117. The standard InChI is InChI=1S/C14H15NO3/c1-9-6-11(2-4-13(9)17)15-8-10-7-12(16)3-5-14(10)18/h2-7,15-18H,8H2,1H3. The molecule has 0 unspecified atom stereocenters. The lowest BCUT2D eigenvalue weighted by molar-refractivity contribution is 0.455. The van der Waals surface area contributed by atoms with E-state index in [9.17, 15) is 15.3 Å². The van der Waals surface area contributed by atoms with Gasteiger partial charge in [0.15, 0.2) is 0 Å². The Hall–Kier alpha value is -2.36. The number of aryl methyl sites for hydroxylation is 1. The molecule has 0 bridgehead atoms. The van der Waals surface area contributed by atoms with Crippen molar-refractivity contribution in [3.63, 3.8) is 0 Å². The molecule has 0 saturated heterocycles. The van der Waals surface area contributed by atoms with E-state index >= 15 is 0 Å². The second-order valence-corrected chi connectivity index (χ2v) is 4.17. The lowest BCUT2D eigenvalue weighted by atomic mass is 10.1. The first-order chi connectivity index (χ1) is 8.56. The molecule has 2 rings (SSSR count). The van der Waals surface area contributed by atoms with Gasteiger partial charge in [0.1, 0.15) is 17.2 Å². The first-order valence-corrected chi connectivity index (χ1v) is 5.60. The Bertz CT molecular complexity index is 567. The lowest BCUT2D eigenvalue weighted by Crippen LogP contribution is -1.99. The average molecular weight is 245 g/mol. The van der Waals surface area contributed by atoms with E-state index < -0.39 is 0 Å². The SMILES string of the molecule is Cc1cc(NCc2cc(O)ccc2O)ccc1O. The molecule has 18 heavy (non-hydrogen) atoms. The summed E-state index contributed by atoms with van der Waals surface area (Å²) >= 11 is 0. The fraction of sp³-hybridized carbons (Fsp3) is 0.143. The van der Waals surface area contributed by atoms with Crippen molar-refractivity contribution >= 4 is 5.69 Å². The molecular formula is C14H15NO3. The Kier molecular flexibility index (Phi) is 3.28. The average Bonchev–Trinajstić information content (AvgIpc) is 2.34. The minimum atomic E-state index is 0.117. The van der Waals surface area contributed by atoms with E-state index in [4.69, 9.17) is 0 Å². The molecule has 4 nitrogen and oxygen atoms in total. The third kappa shape index (κ3) is 2.66. The van der Waals surface area contributed by atoms with Gasteiger partial charge in [-0.2, -0.15) is 0 Å². The first-order valence-electron chi connectivity index (χ1n) is 5.60. The molecule has 0 atom stereocenters. The molecule has 0 saturated carbocycles. The van der Waals surface area contributed by atoms with Crippen LogP contribution >= 0.6 is 0 Å². The lowest BCUT2D eigenvalue weighted by Gasteiger charge is -2.09. The molecule has 94 valence electrons. The zero-order valence-corrected chi connectivity index (χ0v) is 10.0. The number of nitrogens with one attached hydrogen (secondary N) is 1. The second-order valence-electron chi connectivity index (χ2n) is 4.17. The maximum absolute atomic E-state index is 9.62. The van der Waals surface area contributed by atoms with Gasteiger partial charge in [0.25, 0.3) is 0 Å². The molecule has 0 aliphatic heterocycles. The van der Waals surface area contributed by atoms with Crippen LogP contribution in [0.4, 0.5) is 5.69 Å². The van der Waals surface area contributed by atoms with Crippen LogP contribution in [0, 0.1) is 6.92 Å². The van der Waals surface area contributed by atoms with Gasteiger partial charge in [-0.3, -0.25) is 0 Å². The Morgan fingerprint density at radius 3 is 2.39 bits per heavy atom. The predicted octanol–water partition coefficient (Wildman–Crippen LogP) is 2.72. The summed E-state index contributed by atoms with van der Waals surface area (Å²) in [6.45, 7) is 2.21. The van der Waals surface area contributed by atoms with Crippen molar-refractivity contribution in [1.82, 2.24) is 0 Å². The van der Waals surface area contributed by atoms with Crippen molar-refractivity contribution < 1.29 is 15.3 Å². The highest BCUT2D eigenvalue weighted by Crippen LogP contribution is 2.24. The smallest absolute Gasteiger partial charge is 0.120 e. The minimum Gasteiger partial charge on any atom is -0.508 e. The normalized spacial score (nSPS) is 10.3. The van der Waals surface area contributed by atoms with Crippen molar-refractivity contribution in [3.8, 4) is 17.2 Å². The van der Waals surface area contributed by atoms with Crippen molar-refractivity contribution in [3.05, 3.63) is 47.5 Å². The molecule has 0 spiro atoms. The van der Waals surface area contributed by atoms with Gasteiger partial charge in [-0.1, -0.05) is 0 Å². The third-order valence-corrected chi connectivity index (χ3v) is 2.74. The van der Waals surface area contributed by atoms with Gasteiger partial charge < -0.3 is 20.6 Å². The summed E-state index contributed by atoms with van der Waals surface area (Å²) in [4.78, 5) is 0. The molecule has 2 aromatic rings. The summed E-state index contributed by atoms with van der Waals surface area (Å²) in [5.41, 5.74) is 2.23. The number of anilines is 1. The molecule has 0 fully saturated rings. The topological polar surface area (TPSA) is 72.7 Å². The van der Waals surface area contributed by atoms with Gasteiger partial charge in [0.2, 0.25) is 0 Å². The van der Waals surface area contributed by atoms with E-state index in [2.05, 4.69) is 5.32 Å². The van der Waals surface area contributed by atoms with E-state index in [-0.39, 0.29) is 17.2 Å². The highest BCUT2D eigenvalue weighted by atomic mass is 16.3. The van der Waals surface area contributed by atoms with Gasteiger partial charge >= 0.3 is 0 Å². The van der Waals surface area contributed by atoms with Crippen LogP contribution in [0.15, 0.2) is 36.4 Å². The Morgan fingerprint density at radius 1 is 0.944 bits per heavy atom. The monoisotopic (exact) mass is 245 g/mol. The molecule has 0 heterocycles. The zero-order chi connectivity index (χ0) is 13.1. The van der Waals surface area contributed by atoms with Crippen LogP contribution in [0.25, 0.3) is 0 Å². The predicted molar refractivity (Wildman–Crippen MR) is 69.9 cm³/mol. The maximum Gasteiger partial charge on any atom is 0.120 e. The van der Waals surface area contributed by atoms with Crippen LogP contribution in [0.2, 0.25) is 0 Å². The van der Waals surface area contributed by atoms with E-state index in [1.807, 2.05) is 13.0 Å². The van der Waals surface area contributed by atoms with Gasteiger partial charge in [-0.05, 0) is 48.9 Å². The van der Waals surface area contributed by atoms with Gasteiger partial charge in [0, 0.05) is 17.8 Å². The molecule has 0 aromatic heterocycles. The maximum atomic E-state index is 9.62. The largest absolute Gasteiger partial charge is 0.508 e. The number of phenols is 3. The van der Waals surface area contributed by atoms with Crippen LogP contribution in [0.5, 0.6) is 17.2 Å². The molecule has 2 aromatic carbocycles. The van der Waals surface area contributed by atoms with E-state index in [1.165, 1.54) is 18.2 Å². The van der Waals surface area contributed by atoms with Crippen LogP contribution < -0.4 is 5.32 Å². The van der Waals surface area contributed by atoms with Gasteiger partial charge in [0.05, 0.1) is 0 Å². The number of benzene rings is 2. The first kappa shape index (κ1) is 12.1. The molecule has 0 aliphatic rings. The molecule has 4 heteroatoms. The summed E-state index contributed by atoms with van der Waals surface area (Å²) < 4.78 is 0. The number of hydrogen-bond donors (Lipinski definition) is 4. The van der Waals surface area contributed by atoms with Crippen LogP contribution in [0.3, 0.4) is 0 Å². The summed E-state index contributed by atoms with van der Waals surface area (Å²) in [7, 11) is 0. The molecule has 0 amide bonds. The summed E-state index contributed by atoms with van der Waals surface area (Å²) in [6.07, 6.45) is 0. The molecular weight excluding hydrogens is 230 g/mol. The number of rotatable bonds is 3. The molecule has 4 N–H and O–H groups in total. The van der Waals surface area contributed by atoms with Crippen LogP contribution in [0.1, 0.15) is 11.1 Å². The highest BCUT2D eigenvalue weighted by molar-refractivity contribution is 5.51. The third-order valence-electron chi connectivity index (χ3n) is 2.74. The number of phenolic OH excluding ortho intramolecular Hbond substituents is 3. The van der Waals surface area contributed by atoms with Crippen molar-refractivity contribution in [1.29, 1.82) is 0 Å². The Balaban J connectivity index is 2.11. The van der Waals surface area contributed by atoms with Gasteiger partial charge in [-0.15, -0.1) is 0 Å². The van der Waals surface area contributed by atoms with Gasteiger partial charge in [-0.25, -0.2) is 0 Å². The Labute approximate surface area is 105 Å². The van der Waals surface area contributed by atoms with Crippen LogP contribution in [-0.2, 0) is 6.54 Å². The number of aromatic hydroxyl groups is 3. The second kappa shape index (κ2) is 4.87. The quantitative estimate of drug-likeness (QED) is 0.627. The van der Waals surface area contributed by atoms with E-state index in [0.29, 0.717) is 12.1 Å². The summed E-state index contributed by atoms with van der Waals surface area (Å²) in [5, 5.41) is 31.5.